The molecule has 0 saturated heterocycles. The van der Waals surface area contributed by atoms with Gasteiger partial charge < -0.3 is 0 Å². The van der Waals surface area contributed by atoms with Crippen LogP contribution in [-0.4, -0.2) is 20.0 Å². The number of rotatable bonds is 1. The third-order valence-electron chi connectivity index (χ3n) is 0.955. The summed E-state index contributed by atoms with van der Waals surface area (Å²) in [6.07, 6.45) is 0. The Morgan fingerprint density at radius 1 is 1.33 bits per heavy atom. The van der Waals surface area contributed by atoms with Crippen molar-refractivity contribution in [1.29, 1.82) is 0 Å². The maximum absolute atomic E-state index is 10.3. The van der Waals surface area contributed by atoms with Crippen molar-refractivity contribution in [2.75, 3.05) is 0 Å². The second kappa shape index (κ2) is 2.76. The fraction of sp³-hybridized carbons (Fsp3) is 0. The molecule has 1 aromatic carbocycles. The van der Waals surface area contributed by atoms with Crippen molar-refractivity contribution in [2.45, 2.75) is 0 Å². The summed E-state index contributed by atoms with van der Waals surface area (Å²) in [6, 6.07) is 6.61. The van der Waals surface area contributed by atoms with Crippen LogP contribution in [0.15, 0.2) is 24.3 Å². The SMILES string of the molecule is O=[Se]c1ccccc1O. The number of phenols is 1. The molecular weight excluding hydrogens is 183 g/mol. The van der Waals surface area contributed by atoms with Gasteiger partial charge in [0.05, 0.1) is 0 Å². The van der Waals surface area contributed by atoms with E-state index in [1.54, 1.807) is 18.2 Å². The van der Waals surface area contributed by atoms with Gasteiger partial charge in [-0.3, -0.25) is 0 Å². The van der Waals surface area contributed by atoms with Crippen molar-refractivity contribution in [3.63, 3.8) is 0 Å². The normalized spacial score (nSPS) is 8.89. The summed E-state index contributed by atoms with van der Waals surface area (Å²) in [6.45, 7) is 0. The fourth-order valence-electron chi connectivity index (χ4n) is 0.528. The van der Waals surface area contributed by atoms with E-state index in [1.165, 1.54) is 6.07 Å². The minimum absolute atomic E-state index is 0.118. The molecule has 0 aliphatic rings. The number of hydrogen-bond acceptors (Lipinski definition) is 2. The minimum atomic E-state index is -0.842. The zero-order valence-electron chi connectivity index (χ0n) is 4.57. The van der Waals surface area contributed by atoms with E-state index < -0.39 is 14.9 Å². The van der Waals surface area contributed by atoms with Gasteiger partial charge in [0.2, 0.25) is 0 Å². The Morgan fingerprint density at radius 3 is 2.44 bits per heavy atom. The van der Waals surface area contributed by atoms with Gasteiger partial charge in [0.1, 0.15) is 0 Å². The Balaban J connectivity index is 3.15. The van der Waals surface area contributed by atoms with E-state index in [0.717, 1.165) is 0 Å². The number of para-hydroxylation sites is 1. The maximum atomic E-state index is 10.3. The average molecular weight is 188 g/mol. The summed E-state index contributed by atoms with van der Waals surface area (Å²) in [5.41, 5.74) is 0. The number of phenolic OH excluding ortho intramolecular Hbond substituents is 1. The average Bonchev–Trinajstić information content (AvgIpc) is 1.89. The zero-order chi connectivity index (χ0) is 6.69. The van der Waals surface area contributed by atoms with E-state index in [0.29, 0.717) is 4.46 Å². The van der Waals surface area contributed by atoms with Gasteiger partial charge in [-0.05, 0) is 0 Å². The Labute approximate surface area is 58.9 Å². The number of hydrogen-bond donors (Lipinski definition) is 1. The van der Waals surface area contributed by atoms with Gasteiger partial charge >= 0.3 is 58.3 Å². The molecule has 47 valence electrons. The fourth-order valence-corrected chi connectivity index (χ4v) is 1.13. The first kappa shape index (κ1) is 6.46. The monoisotopic (exact) mass is 189 g/mol. The molecule has 0 unspecified atom stereocenters. The van der Waals surface area contributed by atoms with E-state index in [4.69, 9.17) is 5.11 Å². The van der Waals surface area contributed by atoms with Gasteiger partial charge in [0.25, 0.3) is 0 Å². The molecule has 0 bridgehead atoms. The predicted octanol–water partition coefficient (Wildman–Crippen LogP) is 0.0672. The summed E-state index contributed by atoms with van der Waals surface area (Å²) >= 11 is -0.842. The van der Waals surface area contributed by atoms with Crippen LogP contribution in [-0.2, 0) is 3.83 Å². The molecule has 0 spiro atoms. The van der Waals surface area contributed by atoms with Crippen molar-refractivity contribution in [3.05, 3.63) is 24.3 Å². The molecule has 2 nitrogen and oxygen atoms in total. The van der Waals surface area contributed by atoms with Crippen LogP contribution in [0.4, 0.5) is 0 Å². The van der Waals surface area contributed by atoms with Gasteiger partial charge in [0, 0.05) is 0 Å². The topological polar surface area (TPSA) is 37.3 Å². The molecule has 1 rings (SSSR count). The van der Waals surface area contributed by atoms with E-state index >= 15 is 0 Å². The van der Waals surface area contributed by atoms with E-state index in [2.05, 4.69) is 0 Å². The van der Waals surface area contributed by atoms with E-state index in [9.17, 15) is 3.83 Å². The van der Waals surface area contributed by atoms with Crippen molar-refractivity contribution in [3.8, 4) is 5.75 Å². The number of aromatic hydroxyl groups is 1. The van der Waals surface area contributed by atoms with Gasteiger partial charge in [-0.15, -0.1) is 0 Å². The molecule has 0 amide bonds. The Hall–Kier alpha value is -0.661. The summed E-state index contributed by atoms with van der Waals surface area (Å²) in [5, 5.41) is 8.93. The molecule has 0 atom stereocenters. The molecule has 0 aliphatic heterocycles. The first-order chi connectivity index (χ1) is 4.34. The Kier molecular flexibility index (Phi) is 1.98. The molecule has 1 aromatic rings. The van der Waals surface area contributed by atoms with E-state index in [1.807, 2.05) is 0 Å². The van der Waals surface area contributed by atoms with Crippen molar-refractivity contribution in [1.82, 2.24) is 0 Å². The molecule has 0 saturated carbocycles. The molecule has 0 aliphatic carbocycles. The molecule has 0 fully saturated rings. The molecule has 1 radical (unpaired) electrons. The van der Waals surface area contributed by atoms with Gasteiger partial charge in [-0.2, -0.15) is 0 Å². The van der Waals surface area contributed by atoms with Gasteiger partial charge in [-0.25, -0.2) is 0 Å². The van der Waals surface area contributed by atoms with Gasteiger partial charge in [-0.1, -0.05) is 0 Å². The molecule has 3 heteroatoms. The Bertz CT molecular complexity index is 222. The quantitative estimate of drug-likeness (QED) is 0.633. The van der Waals surface area contributed by atoms with Crippen LogP contribution in [0.5, 0.6) is 5.75 Å². The summed E-state index contributed by atoms with van der Waals surface area (Å²) in [7, 11) is 0. The van der Waals surface area contributed by atoms with Crippen molar-refractivity contribution in [2.24, 2.45) is 0 Å². The molecule has 1 N–H and O–H groups in total. The van der Waals surface area contributed by atoms with Crippen LogP contribution >= 0.6 is 0 Å². The zero-order valence-corrected chi connectivity index (χ0v) is 6.29. The van der Waals surface area contributed by atoms with Crippen LogP contribution in [0.3, 0.4) is 0 Å². The van der Waals surface area contributed by atoms with E-state index in [-0.39, 0.29) is 5.75 Å². The Morgan fingerprint density at radius 2 is 2.00 bits per heavy atom. The number of benzene rings is 1. The second-order valence-corrected chi connectivity index (χ2v) is 2.82. The predicted molar refractivity (Wildman–Crippen MR) is 34.2 cm³/mol. The van der Waals surface area contributed by atoms with Crippen LogP contribution in [0, 0.1) is 0 Å². The molecule has 9 heavy (non-hydrogen) atoms. The standard InChI is InChI=1S/C6H5O2Se/c7-5-3-1-2-4-6(5)9-8/h1-4,7H. The molecule has 0 heterocycles. The molecular formula is C6H5O2Se. The van der Waals surface area contributed by atoms with Crippen LogP contribution in [0.25, 0.3) is 0 Å². The third-order valence-corrected chi connectivity index (χ3v) is 2.06. The van der Waals surface area contributed by atoms with Gasteiger partial charge in [0.15, 0.2) is 0 Å². The van der Waals surface area contributed by atoms with Crippen LogP contribution in [0.2, 0.25) is 0 Å². The summed E-state index contributed by atoms with van der Waals surface area (Å²) < 4.78 is 10.8. The molecule has 0 aromatic heterocycles. The van der Waals surface area contributed by atoms with Crippen molar-refractivity contribution < 1.29 is 8.94 Å². The van der Waals surface area contributed by atoms with Crippen molar-refractivity contribution >= 4 is 19.4 Å². The second-order valence-electron chi connectivity index (χ2n) is 1.55. The summed E-state index contributed by atoms with van der Waals surface area (Å²) in [5.74, 6) is 0.118. The summed E-state index contributed by atoms with van der Waals surface area (Å²) in [4.78, 5) is 0. The first-order valence-corrected chi connectivity index (χ1v) is 3.98. The van der Waals surface area contributed by atoms with Crippen LogP contribution in [0.1, 0.15) is 0 Å². The first-order valence-electron chi connectivity index (χ1n) is 2.42. The third kappa shape index (κ3) is 1.37. The van der Waals surface area contributed by atoms with Crippen LogP contribution < -0.4 is 4.46 Å².